The van der Waals surface area contributed by atoms with Crippen LogP contribution in [0.2, 0.25) is 0 Å². The highest BCUT2D eigenvalue weighted by atomic mass is 16.5. The molecule has 2 rings (SSSR count). The van der Waals surface area contributed by atoms with Gasteiger partial charge in [-0.3, -0.25) is 0 Å². The van der Waals surface area contributed by atoms with Crippen LogP contribution in [0.3, 0.4) is 0 Å². The van der Waals surface area contributed by atoms with E-state index in [4.69, 9.17) is 4.74 Å². The Morgan fingerprint density at radius 3 is 2.62 bits per heavy atom. The molecular formula is C17H24N2O2. The van der Waals surface area contributed by atoms with Crippen LogP contribution in [0.4, 0.5) is 0 Å². The number of hydrogen-bond donors (Lipinski definition) is 2. The number of hydrogen-bond acceptors (Lipinski definition) is 4. The Balaban J connectivity index is 2.09. The van der Waals surface area contributed by atoms with Gasteiger partial charge in [-0.25, -0.2) is 4.98 Å². The highest BCUT2D eigenvalue weighted by Crippen LogP contribution is 2.23. The van der Waals surface area contributed by atoms with Crippen LogP contribution in [0.5, 0.6) is 5.75 Å². The van der Waals surface area contributed by atoms with Gasteiger partial charge in [0.25, 0.3) is 0 Å². The molecule has 0 unspecified atom stereocenters. The van der Waals surface area contributed by atoms with Crippen molar-refractivity contribution in [3.63, 3.8) is 0 Å². The van der Waals surface area contributed by atoms with Gasteiger partial charge in [-0.2, -0.15) is 0 Å². The molecular weight excluding hydrogens is 264 g/mol. The molecule has 4 heteroatoms. The van der Waals surface area contributed by atoms with Gasteiger partial charge in [0.05, 0.1) is 18.4 Å². The van der Waals surface area contributed by atoms with E-state index in [0.29, 0.717) is 13.1 Å². The van der Waals surface area contributed by atoms with Crippen molar-refractivity contribution in [2.24, 2.45) is 0 Å². The van der Waals surface area contributed by atoms with Gasteiger partial charge in [-0.05, 0) is 25.0 Å². The highest BCUT2D eigenvalue weighted by molar-refractivity contribution is 5.84. The SMILES string of the molecule is CCC(O)(CC)CNCc1ccc2cccc(OC)c2n1. The maximum absolute atomic E-state index is 10.3. The average molecular weight is 288 g/mol. The van der Waals surface area contributed by atoms with Crippen molar-refractivity contribution in [2.45, 2.75) is 38.8 Å². The van der Waals surface area contributed by atoms with Crippen LogP contribution in [0.1, 0.15) is 32.4 Å². The number of aliphatic hydroxyl groups is 1. The van der Waals surface area contributed by atoms with Gasteiger partial charge in [-0.1, -0.05) is 32.0 Å². The van der Waals surface area contributed by atoms with Crippen molar-refractivity contribution in [1.82, 2.24) is 10.3 Å². The Hall–Kier alpha value is -1.65. The largest absolute Gasteiger partial charge is 0.494 e. The molecule has 2 aromatic rings. The summed E-state index contributed by atoms with van der Waals surface area (Å²) >= 11 is 0. The molecule has 1 aromatic carbocycles. The van der Waals surface area contributed by atoms with Gasteiger partial charge in [0.1, 0.15) is 11.3 Å². The Kier molecular flexibility index (Phi) is 5.15. The molecule has 0 radical (unpaired) electrons. The number of methoxy groups -OCH3 is 1. The van der Waals surface area contributed by atoms with Crippen molar-refractivity contribution in [3.8, 4) is 5.75 Å². The number of ether oxygens (including phenoxy) is 1. The third-order valence-electron chi connectivity index (χ3n) is 4.04. The van der Waals surface area contributed by atoms with Crippen molar-refractivity contribution in [2.75, 3.05) is 13.7 Å². The lowest BCUT2D eigenvalue weighted by Crippen LogP contribution is -2.39. The monoisotopic (exact) mass is 288 g/mol. The van der Waals surface area contributed by atoms with Gasteiger partial charge in [-0.15, -0.1) is 0 Å². The van der Waals surface area contributed by atoms with E-state index in [1.165, 1.54) is 0 Å². The molecule has 1 heterocycles. The van der Waals surface area contributed by atoms with Gasteiger partial charge in [0.2, 0.25) is 0 Å². The Morgan fingerprint density at radius 2 is 1.95 bits per heavy atom. The molecule has 21 heavy (non-hydrogen) atoms. The fourth-order valence-corrected chi connectivity index (χ4v) is 2.35. The maximum Gasteiger partial charge on any atom is 0.145 e. The summed E-state index contributed by atoms with van der Waals surface area (Å²) in [5.74, 6) is 0.785. The summed E-state index contributed by atoms with van der Waals surface area (Å²) in [6.45, 7) is 5.22. The lowest BCUT2D eigenvalue weighted by molar-refractivity contribution is 0.0322. The van der Waals surface area contributed by atoms with Crippen molar-refractivity contribution >= 4 is 10.9 Å². The van der Waals surface area contributed by atoms with Gasteiger partial charge in [0.15, 0.2) is 0 Å². The summed E-state index contributed by atoms with van der Waals surface area (Å²) in [6.07, 6.45) is 1.49. The van der Waals surface area contributed by atoms with Crippen LogP contribution in [0.25, 0.3) is 10.9 Å². The van der Waals surface area contributed by atoms with Crippen LogP contribution < -0.4 is 10.1 Å². The second-order valence-corrected chi connectivity index (χ2v) is 5.37. The number of aromatic nitrogens is 1. The van der Waals surface area contributed by atoms with E-state index in [1.54, 1.807) is 7.11 Å². The summed E-state index contributed by atoms with van der Waals surface area (Å²) in [6, 6.07) is 9.96. The molecule has 0 amide bonds. The minimum absolute atomic E-state index is 0.575. The number of nitrogens with zero attached hydrogens (tertiary/aromatic N) is 1. The quantitative estimate of drug-likeness (QED) is 0.822. The molecule has 1 aromatic heterocycles. The predicted octanol–water partition coefficient (Wildman–Crippen LogP) is 2.88. The second-order valence-electron chi connectivity index (χ2n) is 5.37. The maximum atomic E-state index is 10.3. The molecule has 0 aliphatic rings. The summed E-state index contributed by atoms with van der Waals surface area (Å²) in [4.78, 5) is 4.65. The number of benzene rings is 1. The molecule has 2 N–H and O–H groups in total. The van der Waals surface area contributed by atoms with E-state index >= 15 is 0 Å². The average Bonchev–Trinajstić information content (AvgIpc) is 2.54. The first-order valence-corrected chi connectivity index (χ1v) is 7.47. The molecule has 0 saturated carbocycles. The first-order valence-electron chi connectivity index (χ1n) is 7.47. The lowest BCUT2D eigenvalue weighted by Gasteiger charge is -2.25. The van der Waals surface area contributed by atoms with E-state index in [9.17, 15) is 5.11 Å². The van der Waals surface area contributed by atoms with E-state index in [0.717, 1.165) is 35.2 Å². The summed E-state index contributed by atoms with van der Waals surface area (Å²) in [5, 5.41) is 14.6. The molecule has 114 valence electrons. The molecule has 0 spiro atoms. The predicted molar refractivity (Wildman–Crippen MR) is 85.5 cm³/mol. The first kappa shape index (κ1) is 15.7. The van der Waals surface area contributed by atoms with Gasteiger partial charge >= 0.3 is 0 Å². The van der Waals surface area contributed by atoms with Crippen LogP contribution in [0, 0.1) is 0 Å². The zero-order valence-electron chi connectivity index (χ0n) is 13.0. The number of fused-ring (bicyclic) bond motifs is 1. The molecule has 0 aliphatic carbocycles. The van der Waals surface area contributed by atoms with Gasteiger partial charge < -0.3 is 15.2 Å². The van der Waals surface area contributed by atoms with E-state index in [1.807, 2.05) is 44.2 Å². The molecule has 0 aliphatic heterocycles. The Morgan fingerprint density at radius 1 is 1.19 bits per heavy atom. The van der Waals surface area contributed by atoms with E-state index in [2.05, 4.69) is 10.3 Å². The van der Waals surface area contributed by atoms with Crippen molar-refractivity contribution in [1.29, 1.82) is 0 Å². The molecule has 0 saturated heterocycles. The van der Waals surface area contributed by atoms with Crippen LogP contribution in [0.15, 0.2) is 30.3 Å². The first-order chi connectivity index (χ1) is 10.1. The Labute approximate surface area is 126 Å². The summed E-state index contributed by atoms with van der Waals surface area (Å²) in [5.41, 5.74) is 1.19. The smallest absolute Gasteiger partial charge is 0.145 e. The third kappa shape index (κ3) is 3.71. The number of pyridine rings is 1. The normalized spacial score (nSPS) is 11.8. The number of para-hydroxylation sites is 1. The van der Waals surface area contributed by atoms with Crippen LogP contribution in [-0.2, 0) is 6.54 Å². The highest BCUT2D eigenvalue weighted by Gasteiger charge is 2.21. The molecule has 0 bridgehead atoms. The van der Waals surface area contributed by atoms with Crippen molar-refractivity contribution in [3.05, 3.63) is 36.0 Å². The lowest BCUT2D eigenvalue weighted by atomic mass is 9.98. The minimum atomic E-state index is -0.630. The third-order valence-corrected chi connectivity index (χ3v) is 4.04. The fourth-order valence-electron chi connectivity index (χ4n) is 2.35. The zero-order valence-corrected chi connectivity index (χ0v) is 13.0. The topological polar surface area (TPSA) is 54.4 Å². The standard InChI is InChI=1S/C17H24N2O2/c1-4-17(20,5-2)12-18-11-14-10-9-13-7-6-8-15(21-3)16(13)19-14/h6-10,18,20H,4-5,11-12H2,1-3H3. The molecule has 4 nitrogen and oxygen atoms in total. The van der Waals surface area contributed by atoms with E-state index in [-0.39, 0.29) is 0 Å². The zero-order chi connectivity index (χ0) is 15.3. The summed E-state index contributed by atoms with van der Waals surface area (Å²) < 4.78 is 5.35. The fraction of sp³-hybridized carbons (Fsp3) is 0.471. The van der Waals surface area contributed by atoms with Crippen LogP contribution >= 0.6 is 0 Å². The van der Waals surface area contributed by atoms with Crippen molar-refractivity contribution < 1.29 is 9.84 Å². The summed E-state index contributed by atoms with van der Waals surface area (Å²) in [7, 11) is 1.66. The number of rotatable bonds is 7. The van der Waals surface area contributed by atoms with Crippen LogP contribution in [-0.4, -0.2) is 29.3 Å². The van der Waals surface area contributed by atoms with Gasteiger partial charge in [0, 0.05) is 18.5 Å². The molecule has 0 atom stereocenters. The second kappa shape index (κ2) is 6.87. The van der Waals surface area contributed by atoms with E-state index < -0.39 is 5.60 Å². The number of nitrogens with one attached hydrogen (secondary N) is 1. The Bertz CT molecular complexity index is 594. The minimum Gasteiger partial charge on any atom is -0.494 e. The molecule has 0 fully saturated rings.